The van der Waals surface area contributed by atoms with E-state index >= 15 is 0 Å². The fourth-order valence-electron chi connectivity index (χ4n) is 4.41. The molecule has 3 atom stereocenters. The molecule has 1 aromatic rings. The summed E-state index contributed by atoms with van der Waals surface area (Å²) in [7, 11) is 0. The van der Waals surface area contributed by atoms with Gasteiger partial charge in [0.15, 0.2) is 0 Å². The number of benzene rings is 1. The van der Waals surface area contributed by atoms with Gasteiger partial charge >= 0.3 is 0 Å². The Morgan fingerprint density at radius 1 is 1.32 bits per heavy atom. The van der Waals surface area contributed by atoms with Gasteiger partial charge in [0.25, 0.3) is 0 Å². The van der Waals surface area contributed by atoms with Gasteiger partial charge in [-0.05, 0) is 70.1 Å². The molecule has 0 saturated heterocycles. The molecule has 2 saturated carbocycles. The number of nitrogens with one attached hydrogen (secondary N) is 1. The molecule has 2 aliphatic rings. The van der Waals surface area contributed by atoms with Crippen LogP contribution in [0.4, 0.5) is 10.1 Å². The Bertz CT molecular complexity index is 509. The minimum absolute atomic E-state index is 0.205. The fraction of sp³-hybridized carbons (Fsp3) is 0.625. The molecule has 1 nitrogen and oxygen atoms in total. The zero-order valence-electron chi connectivity index (χ0n) is 11.8. The van der Waals surface area contributed by atoms with Crippen molar-refractivity contribution in [3.63, 3.8) is 0 Å². The molecule has 1 aromatic carbocycles. The van der Waals surface area contributed by atoms with Crippen LogP contribution < -0.4 is 5.32 Å². The fourth-order valence-corrected chi connectivity index (χ4v) is 4.79. The van der Waals surface area contributed by atoms with Crippen molar-refractivity contribution in [3.8, 4) is 0 Å². The summed E-state index contributed by atoms with van der Waals surface area (Å²) in [4.78, 5) is 0. The average molecular weight is 326 g/mol. The maximum absolute atomic E-state index is 13.3. The van der Waals surface area contributed by atoms with E-state index in [1.165, 1.54) is 25.3 Å². The van der Waals surface area contributed by atoms with Gasteiger partial charge in [-0.25, -0.2) is 4.39 Å². The molecule has 3 unspecified atom stereocenters. The molecule has 19 heavy (non-hydrogen) atoms. The first kappa shape index (κ1) is 13.4. The number of anilines is 1. The smallest absolute Gasteiger partial charge is 0.137 e. The molecule has 0 aliphatic heterocycles. The SMILES string of the molecule is CC12CCC(C1)C(C)(C)C2Nc1ccc(F)c(Br)c1. The molecule has 0 amide bonds. The van der Waals surface area contributed by atoms with Crippen LogP contribution in [0.3, 0.4) is 0 Å². The van der Waals surface area contributed by atoms with Gasteiger partial charge in [-0.3, -0.25) is 0 Å². The third-order valence-corrected chi connectivity index (χ3v) is 6.11. The van der Waals surface area contributed by atoms with Crippen molar-refractivity contribution < 1.29 is 4.39 Å². The molecular weight excluding hydrogens is 305 g/mol. The van der Waals surface area contributed by atoms with E-state index in [9.17, 15) is 4.39 Å². The highest BCUT2D eigenvalue weighted by atomic mass is 79.9. The summed E-state index contributed by atoms with van der Waals surface area (Å²) >= 11 is 3.26. The van der Waals surface area contributed by atoms with Crippen LogP contribution in [0.15, 0.2) is 22.7 Å². The second kappa shape index (κ2) is 4.21. The highest BCUT2D eigenvalue weighted by Gasteiger charge is 2.59. The van der Waals surface area contributed by atoms with E-state index < -0.39 is 0 Å². The lowest BCUT2D eigenvalue weighted by Crippen LogP contribution is -2.45. The van der Waals surface area contributed by atoms with Crippen molar-refractivity contribution in [2.75, 3.05) is 5.32 Å². The van der Waals surface area contributed by atoms with Gasteiger partial charge in [0.2, 0.25) is 0 Å². The van der Waals surface area contributed by atoms with Gasteiger partial charge in [-0.15, -0.1) is 0 Å². The molecule has 3 heteroatoms. The third-order valence-electron chi connectivity index (χ3n) is 5.50. The average Bonchev–Trinajstić information content (AvgIpc) is 2.80. The molecule has 0 radical (unpaired) electrons. The Morgan fingerprint density at radius 2 is 2.05 bits per heavy atom. The summed E-state index contributed by atoms with van der Waals surface area (Å²) in [5.41, 5.74) is 1.71. The summed E-state index contributed by atoms with van der Waals surface area (Å²) in [6, 6.07) is 5.68. The molecule has 0 aromatic heterocycles. The highest BCUT2D eigenvalue weighted by molar-refractivity contribution is 9.10. The maximum atomic E-state index is 13.3. The first-order chi connectivity index (χ1) is 8.83. The molecule has 0 heterocycles. The molecule has 3 rings (SSSR count). The van der Waals surface area contributed by atoms with Crippen molar-refractivity contribution in [1.82, 2.24) is 0 Å². The van der Waals surface area contributed by atoms with E-state index in [2.05, 4.69) is 42.0 Å². The van der Waals surface area contributed by atoms with Gasteiger partial charge in [-0.1, -0.05) is 20.8 Å². The van der Waals surface area contributed by atoms with E-state index in [-0.39, 0.29) is 5.82 Å². The Balaban J connectivity index is 1.88. The number of hydrogen-bond donors (Lipinski definition) is 1. The zero-order valence-corrected chi connectivity index (χ0v) is 13.3. The van der Waals surface area contributed by atoms with Crippen LogP contribution in [0.2, 0.25) is 0 Å². The maximum Gasteiger partial charge on any atom is 0.137 e. The van der Waals surface area contributed by atoms with E-state index in [1.54, 1.807) is 0 Å². The first-order valence-electron chi connectivity index (χ1n) is 7.04. The van der Waals surface area contributed by atoms with Crippen molar-refractivity contribution >= 4 is 21.6 Å². The Kier molecular flexibility index (Phi) is 2.97. The summed E-state index contributed by atoms with van der Waals surface area (Å²) in [6.07, 6.45) is 3.98. The van der Waals surface area contributed by atoms with E-state index in [0.29, 0.717) is 21.3 Å². The quantitative estimate of drug-likeness (QED) is 0.786. The van der Waals surface area contributed by atoms with Gasteiger partial charge in [-0.2, -0.15) is 0 Å². The number of halogens is 2. The lowest BCUT2D eigenvalue weighted by molar-refractivity contribution is 0.155. The second-order valence-corrected chi connectivity index (χ2v) is 7.98. The summed E-state index contributed by atoms with van der Waals surface area (Å²) in [6.45, 7) is 7.15. The van der Waals surface area contributed by atoms with Gasteiger partial charge < -0.3 is 5.32 Å². The molecular formula is C16H21BrFN. The molecule has 2 bridgehead atoms. The van der Waals surface area contributed by atoms with Crippen LogP contribution in [0.5, 0.6) is 0 Å². The van der Waals surface area contributed by atoms with E-state index in [4.69, 9.17) is 0 Å². The highest BCUT2D eigenvalue weighted by Crippen LogP contribution is 2.63. The Labute approximate surface area is 123 Å². The largest absolute Gasteiger partial charge is 0.381 e. The number of rotatable bonds is 2. The normalized spacial score (nSPS) is 35.6. The van der Waals surface area contributed by atoms with Crippen molar-refractivity contribution in [2.24, 2.45) is 16.7 Å². The standard InChI is InChI=1S/C16H21BrFN/c1-15(2)10-6-7-16(3,9-10)14(15)19-11-4-5-13(18)12(17)8-11/h4-5,8,10,14,19H,6-7,9H2,1-3H3. The minimum Gasteiger partial charge on any atom is -0.381 e. The number of hydrogen-bond acceptors (Lipinski definition) is 1. The molecule has 2 fully saturated rings. The topological polar surface area (TPSA) is 12.0 Å². The summed E-state index contributed by atoms with van der Waals surface area (Å²) in [5.74, 6) is 0.614. The van der Waals surface area contributed by atoms with Crippen LogP contribution in [0, 0.1) is 22.6 Å². The van der Waals surface area contributed by atoms with E-state index in [1.807, 2.05) is 12.1 Å². The predicted molar refractivity (Wildman–Crippen MR) is 80.7 cm³/mol. The van der Waals surface area contributed by atoms with Gasteiger partial charge in [0, 0.05) is 11.7 Å². The minimum atomic E-state index is -0.205. The predicted octanol–water partition coefficient (Wildman–Crippen LogP) is 5.21. The van der Waals surface area contributed by atoms with Crippen LogP contribution in [-0.4, -0.2) is 6.04 Å². The number of fused-ring (bicyclic) bond motifs is 2. The van der Waals surface area contributed by atoms with Crippen LogP contribution >= 0.6 is 15.9 Å². The lowest BCUT2D eigenvalue weighted by Gasteiger charge is -2.43. The molecule has 104 valence electrons. The Morgan fingerprint density at radius 3 is 2.63 bits per heavy atom. The van der Waals surface area contributed by atoms with Crippen molar-refractivity contribution in [2.45, 2.75) is 46.1 Å². The third kappa shape index (κ3) is 2.01. The molecule has 0 spiro atoms. The monoisotopic (exact) mass is 325 g/mol. The summed E-state index contributed by atoms with van der Waals surface area (Å²) < 4.78 is 13.8. The first-order valence-corrected chi connectivity index (χ1v) is 7.84. The van der Waals surface area contributed by atoms with Crippen molar-refractivity contribution in [1.29, 1.82) is 0 Å². The lowest BCUT2D eigenvalue weighted by atomic mass is 9.68. The molecule has 2 aliphatic carbocycles. The van der Waals surface area contributed by atoms with Crippen LogP contribution in [0.1, 0.15) is 40.0 Å². The van der Waals surface area contributed by atoms with Crippen LogP contribution in [-0.2, 0) is 0 Å². The van der Waals surface area contributed by atoms with Gasteiger partial charge in [0.1, 0.15) is 5.82 Å². The summed E-state index contributed by atoms with van der Waals surface area (Å²) in [5, 5.41) is 3.67. The molecule has 1 N–H and O–H groups in total. The van der Waals surface area contributed by atoms with E-state index in [0.717, 1.165) is 11.6 Å². The Hall–Kier alpha value is -0.570. The van der Waals surface area contributed by atoms with Crippen LogP contribution in [0.25, 0.3) is 0 Å². The zero-order chi connectivity index (χ0) is 13.8. The van der Waals surface area contributed by atoms with Crippen molar-refractivity contribution in [3.05, 3.63) is 28.5 Å². The van der Waals surface area contributed by atoms with Gasteiger partial charge in [0.05, 0.1) is 4.47 Å². The second-order valence-electron chi connectivity index (χ2n) is 7.12.